The number of hydrogen-bond acceptors (Lipinski definition) is 2. The van der Waals surface area contributed by atoms with E-state index in [1.807, 2.05) is 0 Å². The van der Waals surface area contributed by atoms with Gasteiger partial charge in [-0.1, -0.05) is 31.0 Å². The summed E-state index contributed by atoms with van der Waals surface area (Å²) < 4.78 is 0. The minimum absolute atomic E-state index is 0.0988. The summed E-state index contributed by atoms with van der Waals surface area (Å²) in [6, 6.07) is 6.87. The summed E-state index contributed by atoms with van der Waals surface area (Å²) >= 11 is 0. The molecule has 1 aliphatic carbocycles. The fraction of sp³-hybridized carbons (Fsp3) is 0.650. The minimum atomic E-state index is 0.0988. The maximum Gasteiger partial charge on any atom is 0.234 e. The molecule has 126 valence electrons. The molecule has 1 N–H and O–H groups in total. The van der Waals surface area contributed by atoms with Crippen LogP contribution in [0.3, 0.4) is 0 Å². The minimum Gasteiger partial charge on any atom is -0.348 e. The lowest BCUT2D eigenvalue weighted by molar-refractivity contribution is -0.122. The number of carbonyl (C=O) groups excluding carboxylic acids is 1. The molecule has 1 heterocycles. The molecule has 1 amide bonds. The van der Waals surface area contributed by atoms with Crippen molar-refractivity contribution >= 4 is 5.91 Å². The molecule has 1 aromatic carbocycles. The number of nitrogens with zero attached hydrogens (tertiary/aromatic N) is 1. The van der Waals surface area contributed by atoms with Crippen LogP contribution in [0.4, 0.5) is 0 Å². The molecule has 3 rings (SSSR count). The average Bonchev–Trinajstić information content (AvgIpc) is 2.83. The van der Waals surface area contributed by atoms with Crippen molar-refractivity contribution in [1.29, 1.82) is 0 Å². The Morgan fingerprint density at radius 2 is 1.74 bits per heavy atom. The van der Waals surface area contributed by atoms with Crippen LogP contribution in [0.15, 0.2) is 18.2 Å². The highest BCUT2D eigenvalue weighted by Crippen LogP contribution is 2.24. The Labute approximate surface area is 140 Å². The third kappa shape index (κ3) is 4.57. The fourth-order valence-electron chi connectivity index (χ4n) is 3.89. The van der Waals surface area contributed by atoms with E-state index in [-0.39, 0.29) is 11.9 Å². The van der Waals surface area contributed by atoms with Crippen LogP contribution < -0.4 is 5.32 Å². The maximum atomic E-state index is 12.3. The van der Waals surface area contributed by atoms with Gasteiger partial charge in [-0.05, 0) is 75.2 Å². The molecule has 0 spiro atoms. The van der Waals surface area contributed by atoms with Crippen molar-refractivity contribution in [2.75, 3.05) is 19.6 Å². The molecule has 1 aliphatic heterocycles. The second-order valence-electron chi connectivity index (χ2n) is 7.21. The number of nitrogens with one attached hydrogen (secondary N) is 1. The lowest BCUT2D eigenvalue weighted by Gasteiger charge is -2.22. The van der Waals surface area contributed by atoms with Crippen LogP contribution in [0.2, 0.25) is 0 Å². The zero-order valence-corrected chi connectivity index (χ0v) is 14.4. The quantitative estimate of drug-likeness (QED) is 0.920. The predicted octanol–water partition coefficient (Wildman–Crippen LogP) is 3.62. The molecule has 0 unspecified atom stereocenters. The Morgan fingerprint density at radius 3 is 2.48 bits per heavy atom. The number of likely N-dealkylation sites (tertiary alicyclic amines) is 1. The second-order valence-corrected chi connectivity index (χ2v) is 7.21. The summed E-state index contributed by atoms with van der Waals surface area (Å²) in [5.74, 6) is 0.164. The van der Waals surface area contributed by atoms with Crippen molar-refractivity contribution in [2.45, 2.75) is 64.3 Å². The van der Waals surface area contributed by atoms with Crippen molar-refractivity contribution in [3.63, 3.8) is 0 Å². The first-order valence-corrected chi connectivity index (χ1v) is 9.36. The standard InChI is InChI=1S/C20H30N2O/c1-16(18-11-10-17-8-4-5-9-19(17)14-18)21-20(23)15-22-12-6-2-3-7-13-22/h10-11,14,16H,2-9,12-13,15H2,1H3,(H,21,23)/t16-/m1/s1. The average molecular weight is 314 g/mol. The molecule has 2 aliphatic rings. The predicted molar refractivity (Wildman–Crippen MR) is 94.5 cm³/mol. The van der Waals surface area contributed by atoms with Crippen molar-refractivity contribution in [3.05, 3.63) is 34.9 Å². The molecule has 1 aromatic rings. The molecule has 3 nitrogen and oxygen atoms in total. The molecule has 3 heteroatoms. The number of carbonyl (C=O) groups is 1. The number of rotatable bonds is 4. The van der Waals surface area contributed by atoms with E-state index in [2.05, 4.69) is 35.3 Å². The molecule has 23 heavy (non-hydrogen) atoms. The molecular weight excluding hydrogens is 284 g/mol. The Morgan fingerprint density at radius 1 is 1.04 bits per heavy atom. The first-order chi connectivity index (χ1) is 11.2. The molecule has 1 atom stereocenters. The molecule has 0 bridgehead atoms. The van der Waals surface area contributed by atoms with Gasteiger partial charge in [0.2, 0.25) is 5.91 Å². The SMILES string of the molecule is C[C@@H](NC(=O)CN1CCCCCC1)c1ccc2c(c1)CCCC2. The van der Waals surface area contributed by atoms with E-state index >= 15 is 0 Å². The van der Waals surface area contributed by atoms with E-state index in [9.17, 15) is 4.79 Å². The number of fused-ring (bicyclic) bond motifs is 1. The third-order valence-electron chi connectivity index (χ3n) is 5.32. The Kier molecular flexibility index (Phi) is 5.71. The van der Waals surface area contributed by atoms with Gasteiger partial charge in [-0.3, -0.25) is 9.69 Å². The fourth-order valence-corrected chi connectivity index (χ4v) is 3.89. The zero-order chi connectivity index (χ0) is 16.1. The zero-order valence-electron chi connectivity index (χ0n) is 14.4. The van der Waals surface area contributed by atoms with Crippen LogP contribution in [0.25, 0.3) is 0 Å². The van der Waals surface area contributed by atoms with Crippen LogP contribution in [0.1, 0.15) is 68.2 Å². The molecule has 1 saturated heterocycles. The molecule has 1 fully saturated rings. The number of benzene rings is 1. The van der Waals surface area contributed by atoms with Gasteiger partial charge in [0.15, 0.2) is 0 Å². The Hall–Kier alpha value is -1.35. The van der Waals surface area contributed by atoms with Gasteiger partial charge in [0.25, 0.3) is 0 Å². The van der Waals surface area contributed by atoms with Crippen molar-refractivity contribution in [1.82, 2.24) is 10.2 Å². The van der Waals surface area contributed by atoms with Crippen molar-refractivity contribution in [2.24, 2.45) is 0 Å². The van der Waals surface area contributed by atoms with Gasteiger partial charge < -0.3 is 5.32 Å². The van der Waals surface area contributed by atoms with Gasteiger partial charge in [0.05, 0.1) is 12.6 Å². The monoisotopic (exact) mass is 314 g/mol. The van der Waals surface area contributed by atoms with E-state index in [1.54, 1.807) is 0 Å². The summed E-state index contributed by atoms with van der Waals surface area (Å²) in [5, 5.41) is 3.19. The van der Waals surface area contributed by atoms with Crippen LogP contribution in [-0.4, -0.2) is 30.4 Å². The van der Waals surface area contributed by atoms with E-state index in [0.29, 0.717) is 6.54 Å². The van der Waals surface area contributed by atoms with Crippen LogP contribution in [0.5, 0.6) is 0 Å². The summed E-state index contributed by atoms with van der Waals surface area (Å²) in [7, 11) is 0. The highest BCUT2D eigenvalue weighted by atomic mass is 16.2. The normalized spacial score (nSPS) is 20.4. The van der Waals surface area contributed by atoms with Crippen molar-refractivity contribution in [3.8, 4) is 0 Å². The Bertz CT molecular complexity index is 532. The lowest BCUT2D eigenvalue weighted by atomic mass is 9.89. The van der Waals surface area contributed by atoms with Crippen LogP contribution in [0, 0.1) is 0 Å². The van der Waals surface area contributed by atoms with Crippen LogP contribution >= 0.6 is 0 Å². The summed E-state index contributed by atoms with van der Waals surface area (Å²) in [6.45, 7) is 4.79. The number of hydrogen-bond donors (Lipinski definition) is 1. The van der Waals surface area contributed by atoms with Crippen molar-refractivity contribution < 1.29 is 4.79 Å². The Balaban J connectivity index is 1.55. The van der Waals surface area contributed by atoms with Gasteiger partial charge in [-0.2, -0.15) is 0 Å². The van der Waals surface area contributed by atoms with E-state index < -0.39 is 0 Å². The molecule has 0 radical (unpaired) electrons. The largest absolute Gasteiger partial charge is 0.348 e. The van der Waals surface area contributed by atoms with E-state index in [0.717, 1.165) is 13.1 Å². The van der Waals surface area contributed by atoms with E-state index in [1.165, 1.54) is 68.1 Å². The summed E-state index contributed by atoms with van der Waals surface area (Å²) in [4.78, 5) is 14.7. The maximum absolute atomic E-state index is 12.3. The molecule has 0 saturated carbocycles. The molecule has 0 aromatic heterocycles. The van der Waals surface area contributed by atoms with Crippen LogP contribution in [-0.2, 0) is 17.6 Å². The number of amides is 1. The van der Waals surface area contributed by atoms with Gasteiger partial charge in [-0.15, -0.1) is 0 Å². The lowest BCUT2D eigenvalue weighted by Crippen LogP contribution is -2.38. The number of aryl methyl sites for hydroxylation is 2. The summed E-state index contributed by atoms with van der Waals surface area (Å²) in [5.41, 5.74) is 4.24. The third-order valence-corrected chi connectivity index (χ3v) is 5.32. The van der Waals surface area contributed by atoms with Gasteiger partial charge in [0, 0.05) is 0 Å². The highest BCUT2D eigenvalue weighted by Gasteiger charge is 2.16. The first kappa shape index (κ1) is 16.5. The van der Waals surface area contributed by atoms with Gasteiger partial charge in [0.1, 0.15) is 0 Å². The second kappa shape index (κ2) is 7.96. The summed E-state index contributed by atoms with van der Waals surface area (Å²) in [6.07, 6.45) is 10.1. The smallest absolute Gasteiger partial charge is 0.234 e. The van der Waals surface area contributed by atoms with Gasteiger partial charge >= 0.3 is 0 Å². The molecular formula is C20H30N2O. The first-order valence-electron chi connectivity index (χ1n) is 9.36. The van der Waals surface area contributed by atoms with Gasteiger partial charge in [-0.25, -0.2) is 0 Å². The van der Waals surface area contributed by atoms with E-state index in [4.69, 9.17) is 0 Å². The topological polar surface area (TPSA) is 32.3 Å². The highest BCUT2D eigenvalue weighted by molar-refractivity contribution is 5.78.